The second kappa shape index (κ2) is 3.42. The zero-order valence-electron chi connectivity index (χ0n) is 9.28. The smallest absolute Gasteiger partial charge is 0.0830 e. The van der Waals surface area contributed by atoms with Crippen LogP contribution in [0.3, 0.4) is 0 Å². The van der Waals surface area contributed by atoms with Gasteiger partial charge in [-0.15, -0.1) is 0 Å². The minimum Gasteiger partial charge on any atom is -0.396 e. The van der Waals surface area contributed by atoms with Crippen LogP contribution in [0.5, 0.6) is 0 Å². The normalized spacial score (nSPS) is 10.6. The number of nitrogens with two attached hydrogens (primary N) is 1. The molecular formula is C12H15N3. The maximum Gasteiger partial charge on any atom is 0.0830 e. The molecule has 1 aromatic carbocycles. The topological polar surface area (TPSA) is 43.8 Å². The molecule has 2 rings (SSSR count). The van der Waals surface area contributed by atoms with Crippen LogP contribution in [-0.2, 0) is 0 Å². The van der Waals surface area contributed by atoms with Gasteiger partial charge in [-0.2, -0.15) is 5.10 Å². The van der Waals surface area contributed by atoms with Gasteiger partial charge in [0, 0.05) is 0 Å². The zero-order valence-corrected chi connectivity index (χ0v) is 9.28. The summed E-state index contributed by atoms with van der Waals surface area (Å²) < 4.78 is 1.90. The van der Waals surface area contributed by atoms with E-state index in [1.165, 1.54) is 5.56 Å². The van der Waals surface area contributed by atoms with E-state index < -0.39 is 0 Å². The molecule has 0 aliphatic carbocycles. The van der Waals surface area contributed by atoms with E-state index in [1.807, 2.05) is 36.7 Å². The molecule has 0 unspecified atom stereocenters. The minimum atomic E-state index is 0.776. The molecule has 78 valence electrons. The van der Waals surface area contributed by atoms with Crippen molar-refractivity contribution < 1.29 is 0 Å². The fourth-order valence-electron chi connectivity index (χ4n) is 1.69. The molecule has 0 aliphatic heterocycles. The first-order valence-corrected chi connectivity index (χ1v) is 4.99. The summed E-state index contributed by atoms with van der Waals surface area (Å²) in [5.41, 5.74) is 10.9. The number of nitrogens with zero attached hydrogens (tertiary/aromatic N) is 2. The van der Waals surface area contributed by atoms with Gasteiger partial charge in [0.2, 0.25) is 0 Å². The van der Waals surface area contributed by atoms with Crippen LogP contribution in [-0.4, -0.2) is 9.78 Å². The Morgan fingerprint density at radius 2 is 1.80 bits per heavy atom. The highest BCUT2D eigenvalue weighted by atomic mass is 15.3. The number of rotatable bonds is 1. The molecule has 0 atom stereocenters. The Hall–Kier alpha value is -1.77. The highest BCUT2D eigenvalue weighted by Gasteiger charge is 2.10. The lowest BCUT2D eigenvalue weighted by molar-refractivity contribution is 0.827. The number of nitrogen functional groups attached to an aromatic ring is 1. The fraction of sp³-hybridized carbons (Fsp3) is 0.250. The van der Waals surface area contributed by atoms with Gasteiger partial charge in [-0.1, -0.05) is 18.2 Å². The van der Waals surface area contributed by atoms with Gasteiger partial charge in [-0.05, 0) is 32.4 Å². The molecule has 0 saturated carbocycles. The Bertz CT molecular complexity index is 498. The summed E-state index contributed by atoms with van der Waals surface area (Å²) in [5.74, 6) is 0. The lowest BCUT2D eigenvalue weighted by atomic mass is 10.2. The number of hydrogen-bond donors (Lipinski definition) is 1. The Kier molecular flexibility index (Phi) is 2.23. The lowest BCUT2D eigenvalue weighted by Crippen LogP contribution is -2.01. The van der Waals surface area contributed by atoms with Crippen LogP contribution in [0.15, 0.2) is 24.3 Å². The molecule has 0 amide bonds. The minimum absolute atomic E-state index is 0.776. The van der Waals surface area contributed by atoms with Gasteiger partial charge < -0.3 is 5.73 Å². The Morgan fingerprint density at radius 3 is 2.33 bits per heavy atom. The molecule has 0 saturated heterocycles. The van der Waals surface area contributed by atoms with Crippen molar-refractivity contribution in [1.82, 2.24) is 9.78 Å². The van der Waals surface area contributed by atoms with Crippen LogP contribution >= 0.6 is 0 Å². The molecule has 2 N–H and O–H groups in total. The summed E-state index contributed by atoms with van der Waals surface area (Å²) in [5, 5.41) is 4.43. The zero-order chi connectivity index (χ0) is 11.0. The first-order valence-electron chi connectivity index (χ1n) is 4.99. The average molecular weight is 201 g/mol. The van der Waals surface area contributed by atoms with Crippen molar-refractivity contribution >= 4 is 5.69 Å². The van der Waals surface area contributed by atoms with Gasteiger partial charge in [0.15, 0.2) is 0 Å². The Balaban J connectivity index is 2.65. The molecule has 1 heterocycles. The Morgan fingerprint density at radius 1 is 1.13 bits per heavy atom. The number of hydrogen-bond acceptors (Lipinski definition) is 2. The molecule has 0 spiro atoms. The predicted molar refractivity (Wildman–Crippen MR) is 62.2 cm³/mol. The van der Waals surface area contributed by atoms with Crippen LogP contribution in [0.25, 0.3) is 5.69 Å². The van der Waals surface area contributed by atoms with E-state index in [2.05, 4.69) is 18.1 Å². The molecule has 2 aromatic rings. The Labute approximate surface area is 89.5 Å². The molecule has 0 radical (unpaired) electrons. The third kappa shape index (κ3) is 1.50. The molecule has 0 bridgehead atoms. The number of anilines is 1. The molecular weight excluding hydrogens is 186 g/mol. The number of benzene rings is 1. The van der Waals surface area contributed by atoms with Crippen molar-refractivity contribution in [3.05, 3.63) is 41.2 Å². The monoisotopic (exact) mass is 201 g/mol. The van der Waals surface area contributed by atoms with Gasteiger partial charge in [0.25, 0.3) is 0 Å². The third-order valence-corrected chi connectivity index (χ3v) is 2.69. The van der Waals surface area contributed by atoms with Gasteiger partial charge in [0.1, 0.15) is 0 Å². The molecule has 0 fully saturated rings. The molecule has 15 heavy (non-hydrogen) atoms. The van der Waals surface area contributed by atoms with Crippen molar-refractivity contribution in [3.63, 3.8) is 0 Å². The predicted octanol–water partition coefficient (Wildman–Crippen LogP) is 2.38. The first kappa shape index (κ1) is 9.77. The second-order valence-electron chi connectivity index (χ2n) is 3.78. The SMILES string of the molecule is Cc1ccccc1-n1nc(C)c(N)c1C. The number of aromatic nitrogens is 2. The number of para-hydroxylation sites is 1. The summed E-state index contributed by atoms with van der Waals surface area (Å²) in [6, 6.07) is 8.15. The van der Waals surface area contributed by atoms with Gasteiger partial charge in [-0.3, -0.25) is 0 Å². The highest BCUT2D eigenvalue weighted by molar-refractivity contribution is 5.52. The number of aryl methyl sites for hydroxylation is 2. The molecule has 3 heteroatoms. The third-order valence-electron chi connectivity index (χ3n) is 2.69. The fourth-order valence-corrected chi connectivity index (χ4v) is 1.69. The van der Waals surface area contributed by atoms with Crippen LogP contribution < -0.4 is 5.73 Å². The van der Waals surface area contributed by atoms with E-state index in [4.69, 9.17) is 5.73 Å². The molecule has 1 aromatic heterocycles. The quantitative estimate of drug-likeness (QED) is 0.769. The van der Waals surface area contributed by atoms with E-state index in [0.717, 1.165) is 22.8 Å². The molecule has 3 nitrogen and oxygen atoms in total. The van der Waals surface area contributed by atoms with Crippen LogP contribution in [0.4, 0.5) is 5.69 Å². The van der Waals surface area contributed by atoms with E-state index in [9.17, 15) is 0 Å². The average Bonchev–Trinajstić information content (AvgIpc) is 2.47. The van der Waals surface area contributed by atoms with E-state index >= 15 is 0 Å². The van der Waals surface area contributed by atoms with Crippen LogP contribution in [0, 0.1) is 20.8 Å². The van der Waals surface area contributed by atoms with Gasteiger partial charge >= 0.3 is 0 Å². The standard InChI is InChI=1S/C12H15N3/c1-8-6-4-5-7-11(8)15-10(3)12(13)9(2)14-15/h4-7H,13H2,1-3H3. The van der Waals surface area contributed by atoms with Gasteiger partial charge in [0.05, 0.1) is 22.8 Å². The summed E-state index contributed by atoms with van der Waals surface area (Å²) >= 11 is 0. The van der Waals surface area contributed by atoms with Crippen molar-refractivity contribution in [3.8, 4) is 5.69 Å². The van der Waals surface area contributed by atoms with Crippen molar-refractivity contribution in [1.29, 1.82) is 0 Å². The lowest BCUT2D eigenvalue weighted by Gasteiger charge is -2.07. The van der Waals surface area contributed by atoms with E-state index in [1.54, 1.807) is 0 Å². The van der Waals surface area contributed by atoms with Crippen molar-refractivity contribution in [2.45, 2.75) is 20.8 Å². The van der Waals surface area contributed by atoms with Crippen molar-refractivity contribution in [2.24, 2.45) is 0 Å². The summed E-state index contributed by atoms with van der Waals surface area (Å²) in [6.45, 7) is 5.99. The first-order chi connectivity index (χ1) is 7.11. The maximum absolute atomic E-state index is 5.91. The summed E-state index contributed by atoms with van der Waals surface area (Å²) in [4.78, 5) is 0. The summed E-state index contributed by atoms with van der Waals surface area (Å²) in [6.07, 6.45) is 0. The highest BCUT2D eigenvalue weighted by Crippen LogP contribution is 2.21. The maximum atomic E-state index is 5.91. The van der Waals surface area contributed by atoms with Gasteiger partial charge in [-0.25, -0.2) is 4.68 Å². The van der Waals surface area contributed by atoms with Crippen molar-refractivity contribution in [2.75, 3.05) is 5.73 Å². The van der Waals surface area contributed by atoms with Crippen LogP contribution in [0.1, 0.15) is 17.0 Å². The molecule has 0 aliphatic rings. The van der Waals surface area contributed by atoms with E-state index in [0.29, 0.717) is 0 Å². The summed E-state index contributed by atoms with van der Waals surface area (Å²) in [7, 11) is 0. The second-order valence-corrected chi connectivity index (χ2v) is 3.78. The van der Waals surface area contributed by atoms with Crippen LogP contribution in [0.2, 0.25) is 0 Å². The van der Waals surface area contributed by atoms with E-state index in [-0.39, 0.29) is 0 Å². The largest absolute Gasteiger partial charge is 0.396 e.